The van der Waals surface area contributed by atoms with Crippen LogP contribution in [0.2, 0.25) is 0 Å². The van der Waals surface area contributed by atoms with Gasteiger partial charge in [-0.15, -0.1) is 11.3 Å². The van der Waals surface area contributed by atoms with Crippen LogP contribution in [0.3, 0.4) is 0 Å². The molecule has 4 nitrogen and oxygen atoms in total. The van der Waals surface area contributed by atoms with E-state index in [0.717, 1.165) is 4.88 Å². The van der Waals surface area contributed by atoms with Crippen molar-refractivity contribution in [1.29, 1.82) is 0 Å². The Hall–Kier alpha value is -1.37. The van der Waals surface area contributed by atoms with E-state index in [0.29, 0.717) is 23.2 Å². The maximum Gasteiger partial charge on any atom is 0.265 e. The Labute approximate surface area is 130 Å². The van der Waals surface area contributed by atoms with Crippen LogP contribution >= 0.6 is 11.3 Å². The van der Waals surface area contributed by atoms with Crippen LogP contribution in [0, 0.1) is 0 Å². The highest BCUT2D eigenvalue weighted by atomic mass is 32.2. The van der Waals surface area contributed by atoms with E-state index in [1.165, 1.54) is 15.6 Å². The van der Waals surface area contributed by atoms with Crippen molar-refractivity contribution < 1.29 is 8.42 Å². The summed E-state index contributed by atoms with van der Waals surface area (Å²) in [5.41, 5.74) is 0.659. The summed E-state index contributed by atoms with van der Waals surface area (Å²) < 4.78 is 26.9. The van der Waals surface area contributed by atoms with Gasteiger partial charge in [0.1, 0.15) is 4.90 Å². The second-order valence-electron chi connectivity index (χ2n) is 5.05. The quantitative estimate of drug-likeness (QED) is 0.888. The minimum Gasteiger partial charge on any atom is -0.310 e. The predicted octanol–water partition coefficient (Wildman–Crippen LogP) is 3.07. The number of rotatable bonds is 6. The van der Waals surface area contributed by atoms with Crippen molar-refractivity contribution in [3.05, 3.63) is 46.7 Å². The number of para-hydroxylation sites is 1. The van der Waals surface area contributed by atoms with Crippen molar-refractivity contribution in [2.24, 2.45) is 0 Å². The molecule has 0 aliphatic heterocycles. The molecule has 0 saturated carbocycles. The molecule has 0 spiro atoms. The third kappa shape index (κ3) is 3.64. The first-order chi connectivity index (χ1) is 9.93. The molecule has 1 aromatic heterocycles. The van der Waals surface area contributed by atoms with E-state index in [1.54, 1.807) is 25.2 Å². The maximum absolute atomic E-state index is 12.8. The average Bonchev–Trinajstić information content (AvgIpc) is 2.94. The molecule has 0 amide bonds. The summed E-state index contributed by atoms with van der Waals surface area (Å²) in [6.07, 6.45) is 0. The normalized spacial score (nSPS) is 11.8. The van der Waals surface area contributed by atoms with Gasteiger partial charge in [-0.3, -0.25) is 4.31 Å². The zero-order chi connectivity index (χ0) is 15.5. The van der Waals surface area contributed by atoms with Crippen LogP contribution in [0.1, 0.15) is 18.7 Å². The molecule has 2 rings (SSSR count). The Kier molecular flexibility index (Phi) is 5.03. The van der Waals surface area contributed by atoms with Gasteiger partial charge in [-0.1, -0.05) is 32.0 Å². The summed E-state index contributed by atoms with van der Waals surface area (Å²) in [5, 5.41) is 5.09. The van der Waals surface area contributed by atoms with Crippen LogP contribution in [-0.2, 0) is 16.6 Å². The molecule has 1 N–H and O–H groups in total. The molecule has 1 aromatic carbocycles. The van der Waals surface area contributed by atoms with Crippen LogP contribution < -0.4 is 9.62 Å². The largest absolute Gasteiger partial charge is 0.310 e. The third-order valence-corrected chi connectivity index (χ3v) is 6.05. The molecule has 114 valence electrons. The van der Waals surface area contributed by atoms with Crippen LogP contribution in [0.5, 0.6) is 0 Å². The second-order valence-corrected chi connectivity index (χ2v) is 7.99. The van der Waals surface area contributed by atoms with E-state index in [4.69, 9.17) is 0 Å². The molecule has 2 aromatic rings. The Bertz CT molecular complexity index is 679. The highest BCUT2D eigenvalue weighted by Gasteiger charge is 2.25. The number of hydrogen-bond acceptors (Lipinski definition) is 4. The Morgan fingerprint density at radius 3 is 2.48 bits per heavy atom. The molecule has 0 saturated heterocycles. The summed E-state index contributed by atoms with van der Waals surface area (Å²) in [6.45, 7) is 4.64. The van der Waals surface area contributed by atoms with E-state index in [9.17, 15) is 8.42 Å². The first kappa shape index (κ1) is 16.0. The van der Waals surface area contributed by atoms with Gasteiger partial charge in [0.2, 0.25) is 0 Å². The standard InChI is InChI=1S/C15H20N2O2S2/c1-12(2)16-11-14-15(9-10-20-14)21(18,19)17(3)13-7-5-4-6-8-13/h4-10,12,16H,11H2,1-3H3. The van der Waals surface area contributed by atoms with Crippen molar-refractivity contribution in [3.8, 4) is 0 Å². The highest BCUT2D eigenvalue weighted by molar-refractivity contribution is 7.93. The molecule has 0 fully saturated rings. The van der Waals surface area contributed by atoms with E-state index < -0.39 is 10.0 Å². The van der Waals surface area contributed by atoms with Gasteiger partial charge in [0.05, 0.1) is 5.69 Å². The van der Waals surface area contributed by atoms with Gasteiger partial charge < -0.3 is 5.32 Å². The minimum atomic E-state index is -3.52. The molecule has 0 unspecified atom stereocenters. The lowest BCUT2D eigenvalue weighted by atomic mass is 10.3. The van der Waals surface area contributed by atoms with E-state index in [-0.39, 0.29) is 0 Å². The number of nitrogens with one attached hydrogen (secondary N) is 1. The lowest BCUT2D eigenvalue weighted by Gasteiger charge is -2.20. The molecular weight excluding hydrogens is 304 g/mol. The molecule has 0 aliphatic carbocycles. The van der Waals surface area contributed by atoms with Crippen LogP contribution in [0.25, 0.3) is 0 Å². The van der Waals surface area contributed by atoms with Gasteiger partial charge in [0.25, 0.3) is 10.0 Å². The summed E-state index contributed by atoms with van der Waals surface area (Å²) in [5.74, 6) is 0. The number of nitrogens with zero attached hydrogens (tertiary/aromatic N) is 1. The molecule has 1 heterocycles. The van der Waals surface area contributed by atoms with E-state index >= 15 is 0 Å². The fourth-order valence-electron chi connectivity index (χ4n) is 1.91. The number of sulfonamides is 1. The van der Waals surface area contributed by atoms with Gasteiger partial charge in [0, 0.05) is 24.5 Å². The summed E-state index contributed by atoms with van der Waals surface area (Å²) in [4.78, 5) is 1.22. The molecule has 6 heteroatoms. The fraction of sp³-hybridized carbons (Fsp3) is 0.333. The van der Waals surface area contributed by atoms with Crippen molar-refractivity contribution in [3.63, 3.8) is 0 Å². The Morgan fingerprint density at radius 2 is 1.86 bits per heavy atom. The molecule has 0 radical (unpaired) electrons. The van der Waals surface area contributed by atoms with Crippen LogP contribution in [0.4, 0.5) is 5.69 Å². The van der Waals surface area contributed by atoms with Gasteiger partial charge in [0.15, 0.2) is 0 Å². The van der Waals surface area contributed by atoms with Gasteiger partial charge >= 0.3 is 0 Å². The van der Waals surface area contributed by atoms with Gasteiger partial charge in [-0.05, 0) is 23.6 Å². The minimum absolute atomic E-state index is 0.314. The van der Waals surface area contributed by atoms with Gasteiger partial charge in [-0.2, -0.15) is 0 Å². The van der Waals surface area contributed by atoms with Crippen molar-refractivity contribution in [2.75, 3.05) is 11.4 Å². The third-order valence-electron chi connectivity index (χ3n) is 3.13. The van der Waals surface area contributed by atoms with Crippen molar-refractivity contribution in [1.82, 2.24) is 5.32 Å². The summed E-state index contributed by atoms with van der Waals surface area (Å²) in [7, 11) is -1.94. The Morgan fingerprint density at radius 1 is 1.19 bits per heavy atom. The zero-order valence-electron chi connectivity index (χ0n) is 12.4. The topological polar surface area (TPSA) is 49.4 Å². The lowest BCUT2D eigenvalue weighted by Crippen LogP contribution is -2.28. The van der Waals surface area contributed by atoms with Gasteiger partial charge in [-0.25, -0.2) is 8.42 Å². The van der Waals surface area contributed by atoms with E-state index in [1.807, 2.05) is 37.4 Å². The molecule has 0 atom stereocenters. The van der Waals surface area contributed by atoms with E-state index in [2.05, 4.69) is 5.32 Å². The van der Waals surface area contributed by atoms with Crippen molar-refractivity contribution >= 4 is 27.0 Å². The number of anilines is 1. The molecule has 21 heavy (non-hydrogen) atoms. The van der Waals surface area contributed by atoms with Crippen molar-refractivity contribution in [2.45, 2.75) is 31.3 Å². The van der Waals surface area contributed by atoms with Crippen LogP contribution in [0.15, 0.2) is 46.7 Å². The average molecular weight is 324 g/mol. The fourth-order valence-corrected chi connectivity index (χ4v) is 4.47. The monoisotopic (exact) mass is 324 g/mol. The number of hydrogen-bond donors (Lipinski definition) is 1. The zero-order valence-corrected chi connectivity index (χ0v) is 14.0. The molecule has 0 aliphatic rings. The number of benzene rings is 1. The smallest absolute Gasteiger partial charge is 0.265 e. The van der Waals surface area contributed by atoms with Crippen LogP contribution in [-0.4, -0.2) is 21.5 Å². The first-order valence-corrected chi connectivity index (χ1v) is 9.08. The maximum atomic E-state index is 12.8. The predicted molar refractivity (Wildman–Crippen MR) is 88.3 cm³/mol. The lowest BCUT2D eigenvalue weighted by molar-refractivity contribution is 0.579. The number of thiophene rings is 1. The first-order valence-electron chi connectivity index (χ1n) is 6.76. The summed E-state index contributed by atoms with van der Waals surface area (Å²) in [6, 6.07) is 11.1. The Balaban J connectivity index is 2.30. The molecule has 0 bridgehead atoms. The summed E-state index contributed by atoms with van der Waals surface area (Å²) >= 11 is 1.46. The SMILES string of the molecule is CC(C)NCc1sccc1S(=O)(=O)N(C)c1ccccc1. The second kappa shape index (κ2) is 6.60. The highest BCUT2D eigenvalue weighted by Crippen LogP contribution is 2.27. The molecular formula is C15H20N2O2S2.